The van der Waals surface area contributed by atoms with Gasteiger partial charge in [0.2, 0.25) is 0 Å². The molecule has 0 bridgehead atoms. The van der Waals surface area contributed by atoms with Crippen LogP contribution in [0.1, 0.15) is 36.8 Å². The summed E-state index contributed by atoms with van der Waals surface area (Å²) in [6.07, 6.45) is -4.84. The fraction of sp³-hybridized carbons (Fsp3) is 0.391. The molecule has 3 heterocycles. The van der Waals surface area contributed by atoms with Crippen LogP contribution in [0.2, 0.25) is 0 Å². The summed E-state index contributed by atoms with van der Waals surface area (Å²) in [4.78, 5) is 32.3. The van der Waals surface area contributed by atoms with Crippen LogP contribution in [0.15, 0.2) is 36.5 Å². The highest BCUT2D eigenvalue weighted by Gasteiger charge is 2.41. The molecule has 1 fully saturated rings. The largest absolute Gasteiger partial charge is 0.420 e. The molecular weight excluding hydrogens is 470 g/mol. The highest BCUT2D eigenvalue weighted by atomic mass is 19.4. The quantitative estimate of drug-likeness (QED) is 0.567. The normalized spacial score (nSPS) is 17.0. The summed E-state index contributed by atoms with van der Waals surface area (Å²) in [6.45, 7) is 5.19. The number of aromatic nitrogens is 3. The second-order valence-corrected chi connectivity index (χ2v) is 9.05. The van der Waals surface area contributed by atoms with Crippen LogP contribution < -0.4 is 0 Å². The van der Waals surface area contributed by atoms with E-state index in [2.05, 4.69) is 10.1 Å². The molecule has 12 heteroatoms. The number of halogens is 4. The number of hydrogen-bond acceptors (Lipinski definition) is 5. The third-order valence-electron chi connectivity index (χ3n) is 5.91. The van der Waals surface area contributed by atoms with E-state index in [0.717, 1.165) is 28.9 Å². The number of carbonyl (C=O) groups is 2. The highest BCUT2D eigenvalue weighted by molar-refractivity contribution is 5.94. The van der Waals surface area contributed by atoms with Crippen molar-refractivity contribution in [2.24, 2.45) is 0 Å². The zero-order valence-electron chi connectivity index (χ0n) is 19.2. The Bertz CT molecular complexity index is 1280. The van der Waals surface area contributed by atoms with Gasteiger partial charge >= 0.3 is 6.18 Å². The van der Waals surface area contributed by atoms with E-state index in [1.165, 1.54) is 28.9 Å². The minimum Gasteiger partial charge on any atom is -0.384 e. The zero-order valence-corrected chi connectivity index (χ0v) is 19.2. The van der Waals surface area contributed by atoms with E-state index in [1.54, 1.807) is 13.8 Å². The van der Waals surface area contributed by atoms with Crippen LogP contribution in [0.3, 0.4) is 0 Å². The molecule has 35 heavy (non-hydrogen) atoms. The van der Waals surface area contributed by atoms with Gasteiger partial charge in [-0.1, -0.05) is 0 Å². The van der Waals surface area contributed by atoms with Crippen molar-refractivity contribution >= 4 is 17.5 Å². The van der Waals surface area contributed by atoms with Crippen molar-refractivity contribution in [3.8, 4) is 11.3 Å². The lowest BCUT2D eigenvalue weighted by atomic mass is 9.97. The van der Waals surface area contributed by atoms with Gasteiger partial charge in [0, 0.05) is 25.2 Å². The number of fused-ring (bicyclic) bond motifs is 1. The summed E-state index contributed by atoms with van der Waals surface area (Å²) < 4.78 is 55.7. The predicted octanol–water partition coefficient (Wildman–Crippen LogP) is 3.00. The first kappa shape index (κ1) is 24.6. The van der Waals surface area contributed by atoms with Gasteiger partial charge in [0.25, 0.3) is 11.8 Å². The average Bonchev–Trinajstić information content (AvgIpc) is 3.20. The number of amides is 2. The minimum absolute atomic E-state index is 0.0631. The molecule has 1 aliphatic heterocycles. The van der Waals surface area contributed by atoms with E-state index in [1.807, 2.05) is 0 Å². The van der Waals surface area contributed by atoms with E-state index in [9.17, 15) is 32.3 Å². The van der Waals surface area contributed by atoms with Crippen LogP contribution in [0.25, 0.3) is 16.9 Å². The molecule has 1 aromatic carbocycles. The molecule has 2 aromatic heterocycles. The molecule has 8 nitrogen and oxygen atoms in total. The maximum atomic E-state index is 13.9. The molecule has 3 aromatic rings. The molecule has 186 valence electrons. The fourth-order valence-electron chi connectivity index (χ4n) is 4.17. The summed E-state index contributed by atoms with van der Waals surface area (Å²) in [5.41, 5.74) is -2.52. The van der Waals surface area contributed by atoms with Crippen LogP contribution in [0, 0.1) is 5.82 Å². The number of rotatable bonds is 3. The van der Waals surface area contributed by atoms with E-state index in [-0.39, 0.29) is 36.6 Å². The van der Waals surface area contributed by atoms with Crippen LogP contribution in [0.5, 0.6) is 0 Å². The topological polar surface area (TPSA) is 91.0 Å². The highest BCUT2D eigenvalue weighted by Crippen LogP contribution is 2.34. The number of aliphatic hydroxyl groups excluding tert-OH is 1. The first-order valence-electron chi connectivity index (χ1n) is 10.8. The van der Waals surface area contributed by atoms with E-state index >= 15 is 0 Å². The van der Waals surface area contributed by atoms with Crippen molar-refractivity contribution in [3.63, 3.8) is 0 Å². The van der Waals surface area contributed by atoms with Gasteiger partial charge in [0.15, 0.2) is 5.65 Å². The van der Waals surface area contributed by atoms with Crippen molar-refractivity contribution in [2.75, 3.05) is 19.6 Å². The van der Waals surface area contributed by atoms with Crippen LogP contribution in [-0.4, -0.2) is 72.6 Å². The average molecular weight is 493 g/mol. The Labute approximate surface area is 197 Å². The first-order chi connectivity index (χ1) is 16.3. The van der Waals surface area contributed by atoms with Crippen molar-refractivity contribution in [2.45, 2.75) is 38.6 Å². The van der Waals surface area contributed by atoms with Crippen molar-refractivity contribution in [1.82, 2.24) is 24.4 Å². The molecule has 1 atom stereocenters. The molecule has 2 amide bonds. The number of benzene rings is 1. The Kier molecular flexibility index (Phi) is 6.04. The Balaban J connectivity index is 1.72. The van der Waals surface area contributed by atoms with E-state index in [4.69, 9.17) is 0 Å². The van der Waals surface area contributed by atoms with Gasteiger partial charge in [-0.25, -0.2) is 13.9 Å². The van der Waals surface area contributed by atoms with Crippen LogP contribution in [0.4, 0.5) is 17.6 Å². The molecule has 0 radical (unpaired) electrons. The fourth-order valence-corrected chi connectivity index (χ4v) is 4.17. The molecule has 1 aliphatic rings. The maximum absolute atomic E-state index is 13.9. The summed E-state index contributed by atoms with van der Waals surface area (Å²) in [7, 11) is 0. The number of aliphatic hydroxyl groups is 1. The number of hydrogen-bond donors (Lipinski definition) is 1. The van der Waals surface area contributed by atoms with Gasteiger partial charge in [-0.3, -0.25) is 9.59 Å². The summed E-state index contributed by atoms with van der Waals surface area (Å²) in [6, 6.07) is 5.66. The van der Waals surface area contributed by atoms with Gasteiger partial charge in [0.1, 0.15) is 23.2 Å². The van der Waals surface area contributed by atoms with Crippen LogP contribution in [-0.2, 0) is 11.0 Å². The first-order valence-corrected chi connectivity index (χ1v) is 10.8. The van der Waals surface area contributed by atoms with Crippen molar-refractivity contribution < 1.29 is 32.3 Å². The molecule has 0 unspecified atom stereocenters. The summed E-state index contributed by atoms with van der Waals surface area (Å²) in [5.74, 6) is -1.62. The Hall–Kier alpha value is -3.54. The second-order valence-electron chi connectivity index (χ2n) is 9.05. The Morgan fingerprint density at radius 1 is 1.14 bits per heavy atom. The van der Waals surface area contributed by atoms with Crippen LogP contribution >= 0.6 is 0 Å². The minimum atomic E-state index is -4.78. The lowest BCUT2D eigenvalue weighted by Gasteiger charge is -2.47. The number of carbonyl (C=O) groups excluding carboxylic acids is 2. The third-order valence-corrected chi connectivity index (χ3v) is 5.91. The lowest BCUT2D eigenvalue weighted by molar-refractivity contribution is -0.143. The monoisotopic (exact) mass is 493 g/mol. The molecule has 0 saturated carbocycles. The van der Waals surface area contributed by atoms with Gasteiger partial charge in [-0.15, -0.1) is 0 Å². The molecule has 1 N–H and O–H groups in total. The number of imidazole rings is 1. The summed E-state index contributed by atoms with van der Waals surface area (Å²) in [5, 5.41) is 13.8. The summed E-state index contributed by atoms with van der Waals surface area (Å²) >= 11 is 0. The molecule has 1 saturated heterocycles. The molecular formula is C23H23F4N5O3. The van der Waals surface area contributed by atoms with Gasteiger partial charge in [0.05, 0.1) is 17.4 Å². The van der Waals surface area contributed by atoms with Crippen molar-refractivity contribution in [3.05, 3.63) is 53.6 Å². The van der Waals surface area contributed by atoms with Gasteiger partial charge in [-0.2, -0.15) is 18.3 Å². The zero-order chi connectivity index (χ0) is 25.7. The van der Waals surface area contributed by atoms with Gasteiger partial charge < -0.3 is 14.9 Å². The van der Waals surface area contributed by atoms with Gasteiger partial charge in [-0.05, 0) is 51.1 Å². The Morgan fingerprint density at radius 2 is 1.80 bits per heavy atom. The van der Waals surface area contributed by atoms with E-state index < -0.39 is 46.7 Å². The second kappa shape index (κ2) is 8.59. The smallest absolute Gasteiger partial charge is 0.384 e. The number of alkyl halides is 3. The molecule has 0 spiro atoms. The lowest BCUT2D eigenvalue weighted by Crippen LogP contribution is -2.63. The Morgan fingerprint density at radius 3 is 2.37 bits per heavy atom. The predicted molar refractivity (Wildman–Crippen MR) is 117 cm³/mol. The van der Waals surface area contributed by atoms with Crippen molar-refractivity contribution in [1.29, 1.82) is 0 Å². The molecule has 0 aliphatic carbocycles. The number of piperazine rings is 1. The maximum Gasteiger partial charge on any atom is 0.420 e. The SMILES string of the molecule is C[C@H](O)C(=O)N1CCN(C(=O)c2cn3nc(-c4ccc(F)cc4)cc(C(F)(F)F)c3n2)C(C)(C)C1. The number of nitrogens with zero attached hydrogens (tertiary/aromatic N) is 5. The third kappa shape index (κ3) is 4.70. The standard InChI is InChI=1S/C23H23F4N5O3/c1-13(33)20(34)30-8-9-31(22(2,3)12-30)21(35)18-11-32-19(28-18)16(23(25,26)27)10-17(29-32)14-4-6-15(24)7-5-14/h4-7,10-11,13,33H,8-9,12H2,1-3H3/t13-/m0/s1. The van der Waals surface area contributed by atoms with E-state index in [0.29, 0.717) is 0 Å². The molecule has 4 rings (SSSR count).